The number of nitrogens with one attached hydrogen (secondary N) is 1. The number of Topliss-reactive ketones (excluding diaryl/α,β-unsaturated/α-hetero) is 1. The third kappa shape index (κ3) is 9.87. The van der Waals surface area contributed by atoms with E-state index in [2.05, 4.69) is 12.2 Å². The fourth-order valence-corrected chi connectivity index (χ4v) is 2.98. The summed E-state index contributed by atoms with van der Waals surface area (Å²) in [6.45, 7) is 5.48. The zero-order chi connectivity index (χ0) is 20.1. The maximum atomic E-state index is 12.9. The number of ketones is 1. The molecule has 0 rings (SSSR count). The number of carbonyl (C=O) groups excluding carboxylic acids is 2. The predicted octanol–water partition coefficient (Wildman–Crippen LogP) is 1.82. The number of aliphatic carboxylic acids is 1. The van der Waals surface area contributed by atoms with E-state index in [1.54, 1.807) is 6.92 Å². The Morgan fingerprint density at radius 2 is 1.54 bits per heavy atom. The van der Waals surface area contributed by atoms with Crippen LogP contribution in [-0.4, -0.2) is 41.4 Å². The molecule has 0 heterocycles. The van der Waals surface area contributed by atoms with Gasteiger partial charge in [-0.05, 0) is 12.8 Å². The lowest BCUT2D eigenvalue weighted by molar-refractivity contribution is -0.138. The first-order valence-corrected chi connectivity index (χ1v) is 9.77. The number of carboxylic acid groups (broad SMARTS) is 1. The third-order valence-corrected chi connectivity index (χ3v) is 4.85. The van der Waals surface area contributed by atoms with Gasteiger partial charge in [0.05, 0.1) is 0 Å². The Balaban J connectivity index is 4.96. The average molecular weight is 372 g/mol. The van der Waals surface area contributed by atoms with Crippen LogP contribution in [0.25, 0.3) is 0 Å². The van der Waals surface area contributed by atoms with E-state index >= 15 is 0 Å². The fraction of sp³-hybridized carbons (Fsp3) is 0.842. The molecule has 0 spiro atoms. The van der Waals surface area contributed by atoms with E-state index in [1.165, 1.54) is 0 Å². The average Bonchev–Trinajstić information content (AvgIpc) is 2.61. The van der Waals surface area contributed by atoms with E-state index in [0.717, 1.165) is 38.5 Å². The summed E-state index contributed by atoms with van der Waals surface area (Å²) in [6.07, 6.45) is 6.28. The number of unbranched alkanes of at least 4 members (excludes halogenated alkanes) is 3. The van der Waals surface area contributed by atoms with Crippen LogP contribution in [0.1, 0.15) is 72.1 Å². The van der Waals surface area contributed by atoms with Crippen molar-refractivity contribution in [3.8, 4) is 0 Å². The standard InChI is InChI=1S/C19H37N3O4/c1-4-6-8-10-15(20)13(3)19(26)14(16(21)9-7-5-2)11-17(23)22-12-18(24)25/h13-16H,4-12,20-21H2,1-3H3,(H,22,23)(H,24,25)/t13-,14?,15?,16+/m1/s1. The van der Waals surface area contributed by atoms with Crippen molar-refractivity contribution in [2.45, 2.75) is 84.2 Å². The minimum absolute atomic E-state index is 0.0942. The maximum absolute atomic E-state index is 12.9. The molecule has 6 N–H and O–H groups in total. The van der Waals surface area contributed by atoms with Crippen molar-refractivity contribution in [3.63, 3.8) is 0 Å². The Labute approximate surface area is 157 Å². The molecule has 0 saturated heterocycles. The van der Waals surface area contributed by atoms with Crippen LogP contribution in [0.2, 0.25) is 0 Å². The molecule has 0 aliphatic rings. The second-order valence-corrected chi connectivity index (χ2v) is 7.14. The van der Waals surface area contributed by atoms with Gasteiger partial charge in [0.1, 0.15) is 12.3 Å². The van der Waals surface area contributed by atoms with Gasteiger partial charge in [0.25, 0.3) is 0 Å². The van der Waals surface area contributed by atoms with E-state index in [4.69, 9.17) is 16.6 Å². The fourth-order valence-electron chi connectivity index (χ4n) is 2.98. The summed E-state index contributed by atoms with van der Waals surface area (Å²) in [5.74, 6) is -2.70. The van der Waals surface area contributed by atoms with Crippen LogP contribution in [-0.2, 0) is 14.4 Å². The zero-order valence-electron chi connectivity index (χ0n) is 16.5. The van der Waals surface area contributed by atoms with E-state index in [1.807, 2.05) is 6.92 Å². The number of carbonyl (C=O) groups is 3. The number of nitrogens with two attached hydrogens (primary N) is 2. The van der Waals surface area contributed by atoms with Crippen molar-refractivity contribution < 1.29 is 19.5 Å². The largest absolute Gasteiger partial charge is 0.480 e. The van der Waals surface area contributed by atoms with Gasteiger partial charge in [0.15, 0.2) is 0 Å². The van der Waals surface area contributed by atoms with Crippen molar-refractivity contribution >= 4 is 17.7 Å². The molecule has 0 radical (unpaired) electrons. The van der Waals surface area contributed by atoms with Crippen LogP contribution in [0.4, 0.5) is 0 Å². The Kier molecular flexibility index (Phi) is 12.9. The monoisotopic (exact) mass is 371 g/mol. The molecule has 1 amide bonds. The van der Waals surface area contributed by atoms with Gasteiger partial charge in [-0.3, -0.25) is 14.4 Å². The topological polar surface area (TPSA) is 136 Å². The van der Waals surface area contributed by atoms with Crippen LogP contribution in [0.3, 0.4) is 0 Å². The molecule has 152 valence electrons. The van der Waals surface area contributed by atoms with Crippen LogP contribution < -0.4 is 16.8 Å². The van der Waals surface area contributed by atoms with Crippen LogP contribution in [0.15, 0.2) is 0 Å². The second-order valence-electron chi connectivity index (χ2n) is 7.14. The highest BCUT2D eigenvalue weighted by Crippen LogP contribution is 2.22. The number of carboxylic acids is 1. The zero-order valence-corrected chi connectivity index (χ0v) is 16.5. The first-order valence-electron chi connectivity index (χ1n) is 9.77. The van der Waals surface area contributed by atoms with Gasteiger partial charge < -0.3 is 21.9 Å². The summed E-state index contributed by atoms with van der Waals surface area (Å²) < 4.78 is 0. The van der Waals surface area contributed by atoms with Gasteiger partial charge >= 0.3 is 5.97 Å². The highest BCUT2D eigenvalue weighted by molar-refractivity contribution is 5.90. The molecule has 4 atom stereocenters. The highest BCUT2D eigenvalue weighted by atomic mass is 16.4. The molecule has 0 aromatic heterocycles. The van der Waals surface area contributed by atoms with Gasteiger partial charge in [-0.1, -0.05) is 52.9 Å². The second kappa shape index (κ2) is 13.7. The van der Waals surface area contributed by atoms with Crippen LogP contribution >= 0.6 is 0 Å². The van der Waals surface area contributed by atoms with Gasteiger partial charge in [-0.15, -0.1) is 0 Å². The van der Waals surface area contributed by atoms with Crippen molar-refractivity contribution in [2.24, 2.45) is 23.3 Å². The lowest BCUT2D eigenvalue weighted by Gasteiger charge is -2.28. The Hall–Kier alpha value is -1.47. The molecular formula is C19H37N3O4. The molecule has 0 aromatic rings. The molecule has 0 aliphatic carbocycles. The Bertz CT molecular complexity index is 443. The predicted molar refractivity (Wildman–Crippen MR) is 103 cm³/mol. The molecule has 7 heteroatoms. The normalized spacial score (nSPS) is 15.7. The van der Waals surface area contributed by atoms with E-state index in [-0.39, 0.29) is 24.2 Å². The number of rotatable bonds is 15. The molecular weight excluding hydrogens is 334 g/mol. The smallest absolute Gasteiger partial charge is 0.322 e. The SMILES string of the molecule is CCCCCC(N)[C@@H](C)C(=O)C(CC(=O)NCC(=O)O)[C@@H](N)CCCC. The first kappa shape index (κ1) is 24.5. The number of hydrogen-bond donors (Lipinski definition) is 4. The molecule has 0 bridgehead atoms. The summed E-state index contributed by atoms with van der Waals surface area (Å²) in [5.41, 5.74) is 12.4. The van der Waals surface area contributed by atoms with Crippen molar-refractivity contribution in [1.29, 1.82) is 0 Å². The first-order chi connectivity index (χ1) is 12.2. The molecule has 0 saturated carbocycles. The number of amides is 1. The van der Waals surface area contributed by atoms with E-state index in [9.17, 15) is 14.4 Å². The van der Waals surface area contributed by atoms with Crippen molar-refractivity contribution in [3.05, 3.63) is 0 Å². The summed E-state index contributed by atoms with van der Waals surface area (Å²) in [7, 11) is 0. The molecule has 0 fully saturated rings. The summed E-state index contributed by atoms with van der Waals surface area (Å²) in [5, 5.41) is 11.0. The van der Waals surface area contributed by atoms with Gasteiger partial charge in [-0.2, -0.15) is 0 Å². The van der Waals surface area contributed by atoms with Gasteiger partial charge in [0, 0.05) is 30.3 Å². The van der Waals surface area contributed by atoms with E-state index in [0.29, 0.717) is 6.42 Å². The summed E-state index contributed by atoms with van der Waals surface area (Å²) in [6, 6.07) is -0.680. The lowest BCUT2D eigenvalue weighted by atomic mass is 9.80. The summed E-state index contributed by atoms with van der Waals surface area (Å²) in [4.78, 5) is 35.6. The highest BCUT2D eigenvalue weighted by Gasteiger charge is 2.33. The minimum atomic E-state index is -1.12. The van der Waals surface area contributed by atoms with Gasteiger partial charge in [-0.25, -0.2) is 0 Å². The van der Waals surface area contributed by atoms with Gasteiger partial charge in [0.2, 0.25) is 5.91 Å². The van der Waals surface area contributed by atoms with Crippen LogP contribution in [0, 0.1) is 11.8 Å². The Morgan fingerprint density at radius 1 is 0.962 bits per heavy atom. The molecule has 0 aliphatic heterocycles. The molecule has 26 heavy (non-hydrogen) atoms. The Morgan fingerprint density at radius 3 is 2.08 bits per heavy atom. The van der Waals surface area contributed by atoms with E-state index < -0.39 is 30.4 Å². The van der Waals surface area contributed by atoms with Crippen LogP contribution in [0.5, 0.6) is 0 Å². The minimum Gasteiger partial charge on any atom is -0.480 e. The van der Waals surface area contributed by atoms with Crippen molar-refractivity contribution in [2.75, 3.05) is 6.54 Å². The molecule has 2 unspecified atom stereocenters. The quantitative estimate of drug-likeness (QED) is 0.324. The lowest BCUT2D eigenvalue weighted by Crippen LogP contribution is -2.45. The number of hydrogen-bond acceptors (Lipinski definition) is 5. The third-order valence-electron chi connectivity index (χ3n) is 4.85. The molecule has 7 nitrogen and oxygen atoms in total. The summed E-state index contributed by atoms with van der Waals surface area (Å²) >= 11 is 0. The maximum Gasteiger partial charge on any atom is 0.322 e. The molecule has 0 aromatic carbocycles. The van der Waals surface area contributed by atoms with Crippen molar-refractivity contribution in [1.82, 2.24) is 5.32 Å².